The van der Waals surface area contributed by atoms with Crippen molar-refractivity contribution in [1.29, 1.82) is 0 Å². The molecule has 144 valence electrons. The molecular weight excluding hydrogens is 344 g/mol. The van der Waals surface area contributed by atoms with Crippen LogP contribution in [0.15, 0.2) is 49.6 Å². The SMILES string of the molecule is C=CCN(CC=C)C(=O)c1ccc(NC(=O)C2CCCC(C(=O)O)C2)cc1. The standard InChI is InChI=1S/C21H26N2O4/c1-3-12-23(13-4-2)20(25)15-8-10-18(11-9-15)22-19(24)16-6-5-7-17(14-16)21(26)27/h3-4,8-11,16-17H,1-2,5-7,12-14H2,(H,22,24)(H,26,27). The maximum Gasteiger partial charge on any atom is 0.306 e. The molecule has 27 heavy (non-hydrogen) atoms. The van der Waals surface area contributed by atoms with Gasteiger partial charge in [-0.2, -0.15) is 0 Å². The van der Waals surface area contributed by atoms with Crippen molar-refractivity contribution in [3.63, 3.8) is 0 Å². The van der Waals surface area contributed by atoms with Crippen molar-refractivity contribution in [2.24, 2.45) is 11.8 Å². The minimum absolute atomic E-state index is 0.135. The molecule has 0 radical (unpaired) electrons. The molecule has 2 N–H and O–H groups in total. The largest absolute Gasteiger partial charge is 0.481 e. The lowest BCUT2D eigenvalue weighted by Gasteiger charge is -2.25. The maximum atomic E-state index is 12.5. The molecule has 0 spiro atoms. The Hall–Kier alpha value is -2.89. The van der Waals surface area contributed by atoms with Crippen LogP contribution in [0.25, 0.3) is 0 Å². The van der Waals surface area contributed by atoms with Crippen LogP contribution in [0.3, 0.4) is 0 Å². The molecule has 6 nitrogen and oxygen atoms in total. The summed E-state index contributed by atoms with van der Waals surface area (Å²) in [5.41, 5.74) is 1.10. The second kappa shape index (κ2) is 9.71. The highest BCUT2D eigenvalue weighted by atomic mass is 16.4. The van der Waals surface area contributed by atoms with Crippen LogP contribution in [-0.4, -0.2) is 40.9 Å². The number of benzene rings is 1. The second-order valence-corrected chi connectivity index (χ2v) is 6.75. The maximum absolute atomic E-state index is 12.5. The van der Waals surface area contributed by atoms with Crippen molar-refractivity contribution in [2.75, 3.05) is 18.4 Å². The van der Waals surface area contributed by atoms with Gasteiger partial charge in [0.25, 0.3) is 5.91 Å². The average molecular weight is 370 g/mol. The van der Waals surface area contributed by atoms with E-state index in [1.807, 2.05) is 0 Å². The zero-order valence-corrected chi connectivity index (χ0v) is 15.4. The van der Waals surface area contributed by atoms with E-state index in [2.05, 4.69) is 18.5 Å². The number of carboxylic acids is 1. The van der Waals surface area contributed by atoms with E-state index in [9.17, 15) is 14.4 Å². The summed E-state index contributed by atoms with van der Waals surface area (Å²) in [5, 5.41) is 12.0. The first kappa shape index (κ1) is 20.4. The van der Waals surface area contributed by atoms with Crippen LogP contribution in [0.5, 0.6) is 0 Å². The van der Waals surface area contributed by atoms with Gasteiger partial charge < -0.3 is 15.3 Å². The van der Waals surface area contributed by atoms with Crippen molar-refractivity contribution < 1.29 is 19.5 Å². The van der Waals surface area contributed by atoms with Crippen LogP contribution in [0.4, 0.5) is 5.69 Å². The molecule has 0 bridgehead atoms. The molecular formula is C21H26N2O4. The minimum atomic E-state index is -0.834. The van der Waals surface area contributed by atoms with Gasteiger partial charge in [0.2, 0.25) is 5.91 Å². The topological polar surface area (TPSA) is 86.7 Å². The smallest absolute Gasteiger partial charge is 0.306 e. The molecule has 0 aromatic heterocycles. The lowest BCUT2D eigenvalue weighted by Crippen LogP contribution is -2.31. The number of anilines is 1. The number of nitrogens with zero attached hydrogens (tertiary/aromatic N) is 1. The minimum Gasteiger partial charge on any atom is -0.481 e. The highest BCUT2D eigenvalue weighted by Gasteiger charge is 2.31. The molecule has 1 aliphatic rings. The molecule has 1 aromatic carbocycles. The van der Waals surface area contributed by atoms with E-state index in [0.29, 0.717) is 43.6 Å². The predicted molar refractivity (Wildman–Crippen MR) is 104 cm³/mol. The molecule has 0 saturated heterocycles. The van der Waals surface area contributed by atoms with E-state index in [1.54, 1.807) is 41.3 Å². The summed E-state index contributed by atoms with van der Waals surface area (Å²) in [6, 6.07) is 6.70. The molecule has 1 saturated carbocycles. The Kier molecular flexibility index (Phi) is 7.34. The summed E-state index contributed by atoms with van der Waals surface area (Å²) < 4.78 is 0. The summed E-state index contributed by atoms with van der Waals surface area (Å²) in [5.74, 6) is -1.88. The van der Waals surface area contributed by atoms with Gasteiger partial charge in [-0.3, -0.25) is 14.4 Å². The zero-order valence-electron chi connectivity index (χ0n) is 15.4. The summed E-state index contributed by atoms with van der Waals surface area (Å²) >= 11 is 0. The van der Waals surface area contributed by atoms with Gasteiger partial charge in [0.05, 0.1) is 5.92 Å². The van der Waals surface area contributed by atoms with Crippen molar-refractivity contribution >= 4 is 23.5 Å². The van der Waals surface area contributed by atoms with Crippen LogP contribution in [0.2, 0.25) is 0 Å². The summed E-state index contributed by atoms with van der Waals surface area (Å²) in [7, 11) is 0. The molecule has 1 aliphatic carbocycles. The van der Waals surface area contributed by atoms with Gasteiger partial charge in [0.1, 0.15) is 0 Å². The van der Waals surface area contributed by atoms with Crippen molar-refractivity contribution in [1.82, 2.24) is 4.90 Å². The van der Waals surface area contributed by atoms with E-state index >= 15 is 0 Å². The van der Waals surface area contributed by atoms with Gasteiger partial charge in [-0.05, 0) is 43.5 Å². The lowest BCUT2D eigenvalue weighted by molar-refractivity contribution is -0.143. The third-order valence-corrected chi connectivity index (χ3v) is 4.78. The fraction of sp³-hybridized carbons (Fsp3) is 0.381. The molecule has 6 heteroatoms. The highest BCUT2D eigenvalue weighted by molar-refractivity contribution is 5.96. The molecule has 2 atom stereocenters. The number of amides is 2. The van der Waals surface area contributed by atoms with E-state index in [0.717, 1.165) is 6.42 Å². The first-order valence-electron chi connectivity index (χ1n) is 9.11. The van der Waals surface area contributed by atoms with E-state index in [-0.39, 0.29) is 17.7 Å². The number of hydrogen-bond donors (Lipinski definition) is 2. The fourth-order valence-electron chi connectivity index (χ4n) is 3.33. The van der Waals surface area contributed by atoms with Crippen LogP contribution >= 0.6 is 0 Å². The predicted octanol–water partition coefficient (Wildman–Crippen LogP) is 3.33. The van der Waals surface area contributed by atoms with Gasteiger partial charge in [-0.15, -0.1) is 13.2 Å². The third-order valence-electron chi connectivity index (χ3n) is 4.78. The van der Waals surface area contributed by atoms with Crippen LogP contribution in [-0.2, 0) is 9.59 Å². The Morgan fingerprint density at radius 1 is 1.07 bits per heavy atom. The van der Waals surface area contributed by atoms with E-state index in [4.69, 9.17) is 5.11 Å². The Morgan fingerprint density at radius 2 is 1.67 bits per heavy atom. The molecule has 1 fully saturated rings. The van der Waals surface area contributed by atoms with Crippen LogP contribution in [0.1, 0.15) is 36.0 Å². The number of rotatable bonds is 8. The number of carbonyl (C=O) groups is 3. The number of nitrogens with one attached hydrogen (secondary N) is 1. The number of carbonyl (C=O) groups excluding carboxylic acids is 2. The van der Waals surface area contributed by atoms with Crippen LogP contribution < -0.4 is 5.32 Å². The first-order chi connectivity index (χ1) is 13.0. The van der Waals surface area contributed by atoms with Crippen molar-refractivity contribution in [3.05, 3.63) is 55.1 Å². The zero-order chi connectivity index (χ0) is 19.8. The number of aliphatic carboxylic acids is 1. The number of carboxylic acid groups (broad SMARTS) is 1. The molecule has 0 aliphatic heterocycles. The van der Waals surface area contributed by atoms with Crippen molar-refractivity contribution in [2.45, 2.75) is 25.7 Å². The Bertz CT molecular complexity index is 701. The second-order valence-electron chi connectivity index (χ2n) is 6.75. The van der Waals surface area contributed by atoms with Gasteiger partial charge in [-0.1, -0.05) is 18.6 Å². The average Bonchev–Trinajstić information content (AvgIpc) is 2.68. The van der Waals surface area contributed by atoms with Gasteiger partial charge in [0.15, 0.2) is 0 Å². The Morgan fingerprint density at radius 3 is 2.22 bits per heavy atom. The summed E-state index contributed by atoms with van der Waals surface area (Å²) in [6.45, 7) is 8.16. The Labute approximate surface area is 159 Å². The molecule has 2 rings (SSSR count). The van der Waals surface area contributed by atoms with Crippen LogP contribution in [0, 0.1) is 11.8 Å². The van der Waals surface area contributed by atoms with Gasteiger partial charge in [0, 0.05) is 30.3 Å². The van der Waals surface area contributed by atoms with E-state index in [1.165, 1.54) is 0 Å². The molecule has 0 heterocycles. The molecule has 2 unspecified atom stereocenters. The quantitative estimate of drug-likeness (QED) is 0.687. The Balaban J connectivity index is 1.99. The van der Waals surface area contributed by atoms with Gasteiger partial charge >= 0.3 is 5.97 Å². The third kappa shape index (κ3) is 5.54. The van der Waals surface area contributed by atoms with Gasteiger partial charge in [-0.25, -0.2) is 0 Å². The molecule has 2 amide bonds. The summed E-state index contributed by atoms with van der Waals surface area (Å²) in [4.78, 5) is 37.7. The normalized spacial score (nSPS) is 19.0. The van der Waals surface area contributed by atoms with E-state index < -0.39 is 11.9 Å². The monoisotopic (exact) mass is 370 g/mol. The fourth-order valence-corrected chi connectivity index (χ4v) is 3.33. The number of hydrogen-bond acceptors (Lipinski definition) is 3. The van der Waals surface area contributed by atoms with Crippen molar-refractivity contribution in [3.8, 4) is 0 Å². The highest BCUT2D eigenvalue weighted by Crippen LogP contribution is 2.30. The summed E-state index contributed by atoms with van der Waals surface area (Å²) in [6.07, 6.45) is 5.75. The first-order valence-corrected chi connectivity index (χ1v) is 9.11. The molecule has 1 aromatic rings. The lowest BCUT2D eigenvalue weighted by atomic mass is 9.81.